The van der Waals surface area contributed by atoms with Crippen LogP contribution in [0.3, 0.4) is 0 Å². The molecule has 0 unspecified atom stereocenters. The number of halogens is 2. The summed E-state index contributed by atoms with van der Waals surface area (Å²) in [4.78, 5) is 36.5. The van der Waals surface area contributed by atoms with Crippen molar-refractivity contribution < 1.29 is 18.7 Å². The molecule has 0 fully saturated rings. The number of methoxy groups -OCH3 is 1. The highest BCUT2D eigenvalue weighted by Crippen LogP contribution is 2.24. The van der Waals surface area contributed by atoms with Crippen molar-refractivity contribution in [3.8, 4) is 0 Å². The van der Waals surface area contributed by atoms with Crippen LogP contribution >= 0.6 is 23.2 Å². The van der Waals surface area contributed by atoms with E-state index in [1.807, 2.05) is 0 Å². The number of fused-ring (bicyclic) bond motifs is 1. The van der Waals surface area contributed by atoms with E-state index in [2.05, 4.69) is 10.1 Å². The fourth-order valence-electron chi connectivity index (χ4n) is 2.34. The van der Waals surface area contributed by atoms with Crippen LogP contribution in [-0.4, -0.2) is 19.0 Å². The lowest BCUT2D eigenvalue weighted by Gasteiger charge is -2.10. The van der Waals surface area contributed by atoms with Crippen LogP contribution in [0.5, 0.6) is 0 Å². The van der Waals surface area contributed by atoms with Gasteiger partial charge in [0.1, 0.15) is 0 Å². The number of anilines is 1. The molecule has 3 rings (SSSR count). The topological polar surface area (TPSA) is 85.6 Å². The van der Waals surface area contributed by atoms with E-state index < -0.39 is 17.3 Å². The molecule has 1 amide bonds. The summed E-state index contributed by atoms with van der Waals surface area (Å²) in [5.41, 5.74) is -0.0815. The minimum absolute atomic E-state index is 0.0644. The Hall–Kier alpha value is -2.83. The first-order chi connectivity index (χ1) is 12.4. The van der Waals surface area contributed by atoms with Gasteiger partial charge >= 0.3 is 5.97 Å². The van der Waals surface area contributed by atoms with E-state index in [1.165, 1.54) is 25.3 Å². The van der Waals surface area contributed by atoms with Gasteiger partial charge in [0.15, 0.2) is 16.8 Å². The first-order valence-electron chi connectivity index (χ1n) is 7.32. The third kappa shape index (κ3) is 3.42. The Morgan fingerprint density at radius 1 is 1.12 bits per heavy atom. The predicted molar refractivity (Wildman–Crippen MR) is 98.2 cm³/mol. The van der Waals surface area contributed by atoms with Crippen molar-refractivity contribution in [3.63, 3.8) is 0 Å². The first kappa shape index (κ1) is 18.0. The second kappa shape index (κ2) is 7.19. The van der Waals surface area contributed by atoms with E-state index in [0.717, 1.165) is 6.07 Å². The highest BCUT2D eigenvalue weighted by atomic mass is 35.5. The van der Waals surface area contributed by atoms with Crippen molar-refractivity contribution in [3.05, 3.63) is 74.1 Å². The van der Waals surface area contributed by atoms with Crippen molar-refractivity contribution in [1.82, 2.24) is 0 Å². The second-order valence-corrected chi connectivity index (χ2v) is 6.07. The molecule has 1 N–H and O–H groups in total. The van der Waals surface area contributed by atoms with Gasteiger partial charge in [-0.25, -0.2) is 4.79 Å². The molecule has 6 nitrogen and oxygen atoms in total. The van der Waals surface area contributed by atoms with Crippen molar-refractivity contribution in [2.45, 2.75) is 0 Å². The van der Waals surface area contributed by atoms with Crippen molar-refractivity contribution >= 4 is 51.7 Å². The van der Waals surface area contributed by atoms with E-state index in [4.69, 9.17) is 27.6 Å². The lowest BCUT2D eigenvalue weighted by atomic mass is 10.1. The number of benzene rings is 2. The molecule has 0 bridgehead atoms. The minimum Gasteiger partial charge on any atom is -0.465 e. The molecule has 0 spiro atoms. The number of carbonyl (C=O) groups excluding carboxylic acids is 2. The smallest absolute Gasteiger partial charge is 0.340 e. The second-order valence-electron chi connectivity index (χ2n) is 5.23. The molecule has 0 aliphatic heterocycles. The van der Waals surface area contributed by atoms with Gasteiger partial charge in [-0.2, -0.15) is 0 Å². The van der Waals surface area contributed by atoms with Crippen LogP contribution in [0.4, 0.5) is 5.69 Å². The van der Waals surface area contributed by atoms with Gasteiger partial charge in [0, 0.05) is 11.1 Å². The van der Waals surface area contributed by atoms with Crippen LogP contribution in [0.15, 0.2) is 51.7 Å². The molecule has 8 heteroatoms. The van der Waals surface area contributed by atoms with Gasteiger partial charge in [-0.15, -0.1) is 0 Å². The van der Waals surface area contributed by atoms with Gasteiger partial charge < -0.3 is 14.5 Å². The van der Waals surface area contributed by atoms with Crippen LogP contribution in [-0.2, 0) is 4.74 Å². The van der Waals surface area contributed by atoms with Crippen LogP contribution in [0.1, 0.15) is 20.9 Å². The number of nitrogens with one attached hydrogen (secondary N) is 1. The molecule has 0 atom stereocenters. The average Bonchev–Trinajstić information content (AvgIpc) is 2.63. The zero-order valence-corrected chi connectivity index (χ0v) is 14.9. The fourth-order valence-corrected chi connectivity index (χ4v) is 2.73. The van der Waals surface area contributed by atoms with E-state index in [9.17, 15) is 14.4 Å². The van der Waals surface area contributed by atoms with Crippen molar-refractivity contribution in [2.75, 3.05) is 12.4 Å². The largest absolute Gasteiger partial charge is 0.465 e. The Labute approximate surface area is 157 Å². The normalized spacial score (nSPS) is 10.6. The number of para-hydroxylation sites is 1. The highest BCUT2D eigenvalue weighted by Gasteiger charge is 2.18. The van der Waals surface area contributed by atoms with Gasteiger partial charge in [-0.3, -0.25) is 9.59 Å². The standard InChI is InChI=1S/C18H11Cl2NO5/c1-25-18(24)11-7-9(19)5-6-13(11)21-17(23)15-8-14(22)10-3-2-4-12(20)16(10)26-15/h2-8H,1H3,(H,21,23). The molecule has 1 heterocycles. The zero-order valence-electron chi connectivity index (χ0n) is 13.3. The molecule has 0 saturated carbocycles. The fraction of sp³-hybridized carbons (Fsp3) is 0.0556. The molecular weight excluding hydrogens is 381 g/mol. The Bertz CT molecular complexity index is 1090. The molecule has 2 aromatic carbocycles. The molecule has 3 aromatic rings. The summed E-state index contributed by atoms with van der Waals surface area (Å²) in [5, 5.41) is 3.27. The van der Waals surface area contributed by atoms with Gasteiger partial charge in [0.05, 0.1) is 28.8 Å². The Morgan fingerprint density at radius 2 is 1.88 bits per heavy atom. The zero-order chi connectivity index (χ0) is 18.8. The summed E-state index contributed by atoms with van der Waals surface area (Å²) in [6.45, 7) is 0. The number of hydrogen-bond acceptors (Lipinski definition) is 5. The van der Waals surface area contributed by atoms with Crippen LogP contribution in [0.25, 0.3) is 11.0 Å². The summed E-state index contributed by atoms with van der Waals surface area (Å²) >= 11 is 11.9. The first-order valence-corrected chi connectivity index (χ1v) is 8.08. The average molecular weight is 392 g/mol. The molecule has 0 aliphatic carbocycles. The Balaban J connectivity index is 2.02. The maximum absolute atomic E-state index is 12.5. The van der Waals surface area contributed by atoms with Gasteiger partial charge in [-0.1, -0.05) is 29.3 Å². The Kier molecular flexibility index (Phi) is 4.97. The predicted octanol–water partition coefficient (Wildman–Crippen LogP) is 4.14. The molecule has 26 heavy (non-hydrogen) atoms. The summed E-state index contributed by atoms with van der Waals surface area (Å²) < 4.78 is 10.1. The lowest BCUT2D eigenvalue weighted by molar-refractivity contribution is 0.0602. The maximum Gasteiger partial charge on any atom is 0.340 e. The number of esters is 1. The Morgan fingerprint density at radius 3 is 2.62 bits per heavy atom. The number of rotatable bonds is 3. The van der Waals surface area contributed by atoms with Crippen molar-refractivity contribution in [1.29, 1.82) is 0 Å². The minimum atomic E-state index is -0.726. The van der Waals surface area contributed by atoms with E-state index >= 15 is 0 Å². The molecule has 132 valence electrons. The van der Waals surface area contributed by atoms with E-state index in [-0.39, 0.29) is 33.0 Å². The third-order valence-electron chi connectivity index (χ3n) is 3.57. The van der Waals surface area contributed by atoms with Gasteiger partial charge in [-0.05, 0) is 30.3 Å². The van der Waals surface area contributed by atoms with Crippen molar-refractivity contribution in [2.24, 2.45) is 0 Å². The third-order valence-corrected chi connectivity index (χ3v) is 4.10. The van der Waals surface area contributed by atoms with Crippen LogP contribution in [0.2, 0.25) is 10.0 Å². The van der Waals surface area contributed by atoms with E-state index in [1.54, 1.807) is 18.2 Å². The highest BCUT2D eigenvalue weighted by molar-refractivity contribution is 6.34. The van der Waals surface area contributed by atoms with E-state index in [0.29, 0.717) is 5.02 Å². The van der Waals surface area contributed by atoms with Gasteiger partial charge in [0.2, 0.25) is 0 Å². The van der Waals surface area contributed by atoms with Crippen LogP contribution < -0.4 is 10.7 Å². The molecule has 0 radical (unpaired) electrons. The number of amides is 1. The lowest BCUT2D eigenvalue weighted by Crippen LogP contribution is -2.17. The SMILES string of the molecule is COC(=O)c1cc(Cl)ccc1NC(=O)c1cc(=O)c2cccc(Cl)c2o1. The molecular formula is C18H11Cl2NO5. The summed E-state index contributed by atoms with van der Waals surface area (Å²) in [6.07, 6.45) is 0. The number of hydrogen-bond donors (Lipinski definition) is 1. The molecule has 1 aromatic heterocycles. The van der Waals surface area contributed by atoms with Crippen LogP contribution in [0, 0.1) is 0 Å². The number of carbonyl (C=O) groups is 2. The summed E-state index contributed by atoms with van der Waals surface area (Å²) in [7, 11) is 1.21. The molecule has 0 aliphatic rings. The quantitative estimate of drug-likeness (QED) is 0.678. The maximum atomic E-state index is 12.5. The van der Waals surface area contributed by atoms with Gasteiger partial charge in [0.25, 0.3) is 5.91 Å². The summed E-state index contributed by atoms with van der Waals surface area (Å²) in [5.74, 6) is -1.65. The monoisotopic (exact) mass is 391 g/mol. The summed E-state index contributed by atoms with van der Waals surface area (Å²) in [6, 6.07) is 10.1. The molecule has 0 saturated heterocycles. The number of ether oxygens (including phenoxy) is 1.